The smallest absolute Gasteiger partial charge is 0.250 e. The maximum absolute atomic E-state index is 12.7. The Bertz CT molecular complexity index is 567. The molecule has 2 aliphatic rings. The van der Waals surface area contributed by atoms with Gasteiger partial charge in [0.15, 0.2) is 0 Å². The van der Waals surface area contributed by atoms with E-state index in [-0.39, 0.29) is 17.9 Å². The fourth-order valence-electron chi connectivity index (χ4n) is 3.25. The molecule has 2 aliphatic heterocycles. The number of carbonyl (C=O) groups is 2. The molecule has 0 spiro atoms. The zero-order valence-electron chi connectivity index (χ0n) is 12.7. The molecule has 0 saturated carbocycles. The van der Waals surface area contributed by atoms with Crippen LogP contribution in [-0.4, -0.2) is 49.4 Å². The monoisotopic (exact) mass is 287 g/mol. The molecule has 0 aliphatic carbocycles. The maximum Gasteiger partial charge on any atom is 0.250 e. The largest absolute Gasteiger partial charge is 0.378 e. The van der Waals surface area contributed by atoms with E-state index in [9.17, 15) is 9.59 Å². The molecule has 0 bridgehead atoms. The van der Waals surface area contributed by atoms with Gasteiger partial charge in [-0.05, 0) is 44.0 Å². The average molecular weight is 287 g/mol. The molecule has 1 aromatic rings. The van der Waals surface area contributed by atoms with Crippen molar-refractivity contribution in [1.82, 2.24) is 4.90 Å². The molecule has 5 nitrogen and oxygen atoms in total. The first-order valence-corrected chi connectivity index (χ1v) is 7.41. The van der Waals surface area contributed by atoms with Crippen molar-refractivity contribution in [2.75, 3.05) is 30.4 Å². The Labute approximate surface area is 125 Å². The third-order valence-electron chi connectivity index (χ3n) is 4.45. The first-order chi connectivity index (χ1) is 10.0. The van der Waals surface area contributed by atoms with Crippen LogP contribution in [0.1, 0.15) is 19.8 Å². The van der Waals surface area contributed by atoms with E-state index < -0.39 is 6.04 Å². The number of benzene rings is 1. The molecule has 1 aromatic carbocycles. The minimum Gasteiger partial charge on any atom is -0.378 e. The molecule has 0 radical (unpaired) electrons. The van der Waals surface area contributed by atoms with Gasteiger partial charge in [-0.1, -0.05) is 0 Å². The van der Waals surface area contributed by atoms with Gasteiger partial charge in [0.25, 0.3) is 5.91 Å². The lowest BCUT2D eigenvalue weighted by Gasteiger charge is -2.40. The second-order valence-corrected chi connectivity index (χ2v) is 5.98. The van der Waals surface area contributed by atoms with Crippen LogP contribution in [0.15, 0.2) is 24.3 Å². The molecule has 2 amide bonds. The van der Waals surface area contributed by atoms with Gasteiger partial charge in [-0.2, -0.15) is 0 Å². The first-order valence-electron chi connectivity index (χ1n) is 7.41. The van der Waals surface area contributed by atoms with Crippen LogP contribution in [0.5, 0.6) is 0 Å². The number of hydrogen-bond acceptors (Lipinski definition) is 3. The zero-order chi connectivity index (χ0) is 15.1. The predicted octanol–water partition coefficient (Wildman–Crippen LogP) is 1.48. The van der Waals surface area contributed by atoms with Crippen molar-refractivity contribution in [3.05, 3.63) is 24.3 Å². The Kier molecular flexibility index (Phi) is 3.35. The van der Waals surface area contributed by atoms with Crippen LogP contribution in [0.25, 0.3) is 0 Å². The lowest BCUT2D eigenvalue weighted by molar-refractivity contribution is -0.143. The highest BCUT2D eigenvalue weighted by atomic mass is 16.2. The normalized spacial score (nSPS) is 25.3. The summed E-state index contributed by atoms with van der Waals surface area (Å²) in [6.45, 7) is 2.53. The molecule has 2 unspecified atom stereocenters. The Hall–Kier alpha value is -2.04. The van der Waals surface area contributed by atoms with Crippen molar-refractivity contribution in [1.29, 1.82) is 0 Å². The summed E-state index contributed by atoms with van der Waals surface area (Å²) >= 11 is 0. The summed E-state index contributed by atoms with van der Waals surface area (Å²) in [5.74, 6) is 0.117. The summed E-state index contributed by atoms with van der Waals surface area (Å²) in [5.41, 5.74) is 1.88. The number of rotatable bonds is 2. The summed E-state index contributed by atoms with van der Waals surface area (Å²) in [5, 5.41) is 0. The number of piperazine rings is 1. The van der Waals surface area contributed by atoms with Crippen LogP contribution in [0.2, 0.25) is 0 Å². The Morgan fingerprint density at radius 1 is 1.10 bits per heavy atom. The Balaban J connectivity index is 1.93. The van der Waals surface area contributed by atoms with Crippen molar-refractivity contribution in [3.63, 3.8) is 0 Å². The van der Waals surface area contributed by atoms with Gasteiger partial charge in [-0.3, -0.25) is 14.5 Å². The SMILES string of the molecule is CC1C(=O)N2CCCC2C(=O)N1c1ccc(N(C)C)cc1. The van der Waals surface area contributed by atoms with Gasteiger partial charge < -0.3 is 9.80 Å². The first kappa shape index (κ1) is 13.9. The van der Waals surface area contributed by atoms with Gasteiger partial charge in [0.2, 0.25) is 5.91 Å². The Morgan fingerprint density at radius 3 is 2.38 bits per heavy atom. The van der Waals surface area contributed by atoms with Crippen LogP contribution in [0.3, 0.4) is 0 Å². The number of anilines is 2. The number of nitrogens with zero attached hydrogens (tertiary/aromatic N) is 3. The summed E-state index contributed by atoms with van der Waals surface area (Å²) in [6, 6.07) is 7.10. The average Bonchev–Trinajstić information content (AvgIpc) is 2.95. The lowest BCUT2D eigenvalue weighted by atomic mass is 10.0. The molecular formula is C16H21N3O2. The van der Waals surface area contributed by atoms with Crippen molar-refractivity contribution in [2.45, 2.75) is 31.8 Å². The van der Waals surface area contributed by atoms with Crippen LogP contribution >= 0.6 is 0 Å². The third-order valence-corrected chi connectivity index (χ3v) is 4.45. The molecule has 112 valence electrons. The molecular weight excluding hydrogens is 266 g/mol. The predicted molar refractivity (Wildman–Crippen MR) is 82.5 cm³/mol. The molecule has 2 atom stereocenters. The van der Waals surface area contributed by atoms with Crippen molar-refractivity contribution in [2.24, 2.45) is 0 Å². The van der Waals surface area contributed by atoms with Crippen molar-refractivity contribution >= 4 is 23.2 Å². The second-order valence-electron chi connectivity index (χ2n) is 5.98. The highest BCUT2D eigenvalue weighted by Gasteiger charge is 2.46. The topological polar surface area (TPSA) is 43.9 Å². The minimum absolute atomic E-state index is 0.0530. The van der Waals surface area contributed by atoms with E-state index in [1.54, 1.807) is 9.80 Å². The Morgan fingerprint density at radius 2 is 1.76 bits per heavy atom. The van der Waals surface area contributed by atoms with E-state index >= 15 is 0 Å². The summed E-state index contributed by atoms with van der Waals surface area (Å²) in [7, 11) is 3.95. The van der Waals surface area contributed by atoms with Gasteiger partial charge in [-0.15, -0.1) is 0 Å². The number of fused-ring (bicyclic) bond motifs is 1. The fraction of sp³-hybridized carbons (Fsp3) is 0.500. The summed E-state index contributed by atoms with van der Waals surface area (Å²) < 4.78 is 0. The molecule has 0 N–H and O–H groups in total. The third kappa shape index (κ3) is 2.17. The van der Waals surface area contributed by atoms with Crippen LogP contribution < -0.4 is 9.80 Å². The number of amides is 2. The van der Waals surface area contributed by atoms with Gasteiger partial charge in [0.05, 0.1) is 0 Å². The van der Waals surface area contributed by atoms with Gasteiger partial charge in [0, 0.05) is 32.0 Å². The number of carbonyl (C=O) groups excluding carboxylic acids is 2. The van der Waals surface area contributed by atoms with Gasteiger partial charge >= 0.3 is 0 Å². The van der Waals surface area contributed by atoms with E-state index in [4.69, 9.17) is 0 Å². The van der Waals surface area contributed by atoms with Crippen LogP contribution in [-0.2, 0) is 9.59 Å². The molecule has 2 heterocycles. The molecule has 3 rings (SSSR count). The summed E-state index contributed by atoms with van der Waals surface area (Å²) in [6.07, 6.45) is 1.70. The number of hydrogen-bond donors (Lipinski definition) is 0. The van der Waals surface area contributed by atoms with E-state index in [0.29, 0.717) is 6.54 Å². The maximum atomic E-state index is 12.7. The van der Waals surface area contributed by atoms with E-state index in [1.165, 1.54) is 0 Å². The van der Waals surface area contributed by atoms with Gasteiger partial charge in [0.1, 0.15) is 12.1 Å². The zero-order valence-corrected chi connectivity index (χ0v) is 12.7. The fourth-order valence-corrected chi connectivity index (χ4v) is 3.25. The molecule has 2 saturated heterocycles. The molecule has 21 heavy (non-hydrogen) atoms. The summed E-state index contributed by atoms with van der Waals surface area (Å²) in [4.78, 5) is 30.6. The highest BCUT2D eigenvalue weighted by molar-refractivity contribution is 6.08. The highest BCUT2D eigenvalue weighted by Crippen LogP contribution is 2.31. The minimum atomic E-state index is -0.419. The molecule has 0 aromatic heterocycles. The van der Waals surface area contributed by atoms with Crippen LogP contribution in [0.4, 0.5) is 11.4 Å². The molecule has 5 heteroatoms. The second kappa shape index (κ2) is 5.06. The molecule has 2 fully saturated rings. The van der Waals surface area contributed by atoms with Crippen molar-refractivity contribution < 1.29 is 9.59 Å². The van der Waals surface area contributed by atoms with E-state index in [2.05, 4.69) is 0 Å². The van der Waals surface area contributed by atoms with E-state index in [0.717, 1.165) is 24.2 Å². The van der Waals surface area contributed by atoms with Gasteiger partial charge in [-0.25, -0.2) is 0 Å². The standard InChI is InChI=1S/C16H21N3O2/c1-11-15(20)18-10-4-5-14(18)16(21)19(11)13-8-6-12(7-9-13)17(2)3/h6-9,11,14H,4-5,10H2,1-3H3. The van der Waals surface area contributed by atoms with E-state index in [1.807, 2.05) is 50.2 Å². The lowest BCUT2D eigenvalue weighted by Crippen LogP contribution is -2.62. The quantitative estimate of drug-likeness (QED) is 0.827. The van der Waals surface area contributed by atoms with Crippen molar-refractivity contribution in [3.8, 4) is 0 Å². The van der Waals surface area contributed by atoms with Crippen LogP contribution in [0, 0.1) is 0 Å².